The first-order chi connectivity index (χ1) is 15.5. The summed E-state index contributed by atoms with van der Waals surface area (Å²) in [6.45, 7) is 5.63. The van der Waals surface area contributed by atoms with Crippen molar-refractivity contribution < 1.29 is 18.7 Å². The maximum atomic E-state index is 13.9. The normalized spacial score (nSPS) is 12.8. The van der Waals surface area contributed by atoms with Gasteiger partial charge in [0.15, 0.2) is 17.8 Å². The maximum absolute atomic E-state index is 13.9. The number of carbonyl (C=O) groups is 1. The summed E-state index contributed by atoms with van der Waals surface area (Å²) in [6, 6.07) is 11.0. The molecular formula is C23H25FN4O3S. The zero-order chi connectivity index (χ0) is 22.5. The molecular weight excluding hydrogens is 431 g/mol. The van der Waals surface area contributed by atoms with Gasteiger partial charge >= 0.3 is 0 Å². The fourth-order valence-corrected chi connectivity index (χ4v) is 4.47. The van der Waals surface area contributed by atoms with E-state index in [4.69, 9.17) is 9.47 Å². The van der Waals surface area contributed by atoms with E-state index in [0.29, 0.717) is 42.6 Å². The van der Waals surface area contributed by atoms with Crippen molar-refractivity contribution in [2.75, 3.05) is 19.1 Å². The monoisotopic (exact) mass is 456 g/mol. The number of fused-ring (bicyclic) bond motifs is 1. The molecule has 9 heteroatoms. The van der Waals surface area contributed by atoms with Crippen molar-refractivity contribution in [1.29, 1.82) is 0 Å². The Labute approximate surface area is 190 Å². The van der Waals surface area contributed by atoms with Gasteiger partial charge in [-0.05, 0) is 44.0 Å². The highest BCUT2D eigenvalue weighted by atomic mass is 32.2. The topological polar surface area (TPSA) is 78.3 Å². The average molecular weight is 457 g/mol. The van der Waals surface area contributed by atoms with Gasteiger partial charge in [0, 0.05) is 24.2 Å². The number of hydrogen-bond donors (Lipinski definition) is 1. The second kappa shape index (κ2) is 10.1. The molecule has 7 nitrogen and oxygen atoms in total. The molecule has 168 valence electrons. The number of thioether (sulfide) groups is 1. The van der Waals surface area contributed by atoms with Gasteiger partial charge in [-0.3, -0.25) is 4.79 Å². The zero-order valence-electron chi connectivity index (χ0n) is 18.1. The Kier molecular flexibility index (Phi) is 7.06. The number of rotatable bonds is 8. The van der Waals surface area contributed by atoms with Gasteiger partial charge in [0.05, 0.1) is 12.4 Å². The number of aryl methyl sites for hydroxylation is 1. The third-order valence-corrected chi connectivity index (χ3v) is 6.08. The van der Waals surface area contributed by atoms with Crippen LogP contribution in [-0.4, -0.2) is 39.8 Å². The highest BCUT2D eigenvalue weighted by Gasteiger charge is 2.18. The minimum Gasteiger partial charge on any atom is -0.467 e. The molecule has 1 N–H and O–H groups in total. The number of ether oxygens (including phenoxy) is 2. The lowest BCUT2D eigenvalue weighted by molar-refractivity contribution is -0.118. The summed E-state index contributed by atoms with van der Waals surface area (Å²) in [5.74, 6) is 1.21. The molecule has 2 aromatic carbocycles. The second-order valence-electron chi connectivity index (χ2n) is 7.47. The Bertz CT molecular complexity index is 1120. The lowest BCUT2D eigenvalue weighted by Gasteiger charge is -2.21. The molecule has 4 rings (SSSR count). The number of halogens is 1. The summed E-state index contributed by atoms with van der Waals surface area (Å²) in [4.78, 5) is 12.4. The summed E-state index contributed by atoms with van der Waals surface area (Å²) in [5.41, 5.74) is 3.57. The largest absolute Gasteiger partial charge is 0.467 e. The SMILES string of the molecule is CCn1c(SCC(=O)NCCc2cc(F)cc3c2OCOC3)nnc1-c1cccc(C)c1. The highest BCUT2D eigenvalue weighted by molar-refractivity contribution is 7.99. The number of benzene rings is 2. The molecule has 0 fully saturated rings. The summed E-state index contributed by atoms with van der Waals surface area (Å²) in [7, 11) is 0. The number of nitrogens with zero attached hydrogens (tertiary/aromatic N) is 3. The van der Waals surface area contributed by atoms with Crippen molar-refractivity contribution >= 4 is 17.7 Å². The Hall–Kier alpha value is -2.91. The van der Waals surface area contributed by atoms with E-state index in [1.807, 2.05) is 36.6 Å². The van der Waals surface area contributed by atoms with Crippen LogP contribution >= 0.6 is 11.8 Å². The van der Waals surface area contributed by atoms with E-state index in [9.17, 15) is 9.18 Å². The Morgan fingerprint density at radius 1 is 1.28 bits per heavy atom. The average Bonchev–Trinajstić information content (AvgIpc) is 3.20. The number of carbonyl (C=O) groups excluding carboxylic acids is 1. The van der Waals surface area contributed by atoms with Gasteiger partial charge in [0.25, 0.3) is 0 Å². The second-order valence-corrected chi connectivity index (χ2v) is 8.41. The molecule has 0 aliphatic carbocycles. The first-order valence-corrected chi connectivity index (χ1v) is 11.4. The van der Waals surface area contributed by atoms with Gasteiger partial charge in [-0.1, -0.05) is 35.5 Å². The molecule has 0 radical (unpaired) electrons. The quantitative estimate of drug-likeness (QED) is 0.521. The van der Waals surface area contributed by atoms with Crippen molar-refractivity contribution in [3.63, 3.8) is 0 Å². The van der Waals surface area contributed by atoms with E-state index in [1.54, 1.807) is 0 Å². The van der Waals surface area contributed by atoms with Crippen molar-refractivity contribution in [3.05, 3.63) is 58.9 Å². The third kappa shape index (κ3) is 5.11. The number of hydrogen-bond acceptors (Lipinski definition) is 6. The van der Waals surface area contributed by atoms with E-state index in [0.717, 1.165) is 22.5 Å². The van der Waals surface area contributed by atoms with Gasteiger partial charge in [-0.2, -0.15) is 0 Å². The summed E-state index contributed by atoms with van der Waals surface area (Å²) in [6.07, 6.45) is 0.471. The van der Waals surface area contributed by atoms with Crippen LogP contribution in [0.2, 0.25) is 0 Å². The van der Waals surface area contributed by atoms with Gasteiger partial charge in [-0.25, -0.2) is 4.39 Å². The van der Waals surface area contributed by atoms with Gasteiger partial charge < -0.3 is 19.4 Å². The van der Waals surface area contributed by atoms with Crippen LogP contribution in [0.1, 0.15) is 23.6 Å². The molecule has 1 aliphatic heterocycles. The molecule has 1 aromatic heterocycles. The van der Waals surface area contributed by atoms with E-state index in [1.165, 1.54) is 23.9 Å². The molecule has 0 saturated carbocycles. The van der Waals surface area contributed by atoms with Crippen LogP contribution in [0.4, 0.5) is 4.39 Å². The van der Waals surface area contributed by atoms with Gasteiger partial charge in [0.2, 0.25) is 5.91 Å². The Morgan fingerprint density at radius 2 is 2.16 bits per heavy atom. The Morgan fingerprint density at radius 3 is 2.97 bits per heavy atom. The molecule has 2 heterocycles. The molecule has 0 unspecified atom stereocenters. The molecule has 0 bridgehead atoms. The van der Waals surface area contributed by atoms with Gasteiger partial charge in [-0.15, -0.1) is 10.2 Å². The number of nitrogens with one attached hydrogen (secondary N) is 1. The minimum absolute atomic E-state index is 0.118. The van der Waals surface area contributed by atoms with E-state index >= 15 is 0 Å². The summed E-state index contributed by atoms with van der Waals surface area (Å²) in [5, 5.41) is 12.2. The van der Waals surface area contributed by atoms with Gasteiger partial charge in [0.1, 0.15) is 11.6 Å². The third-order valence-electron chi connectivity index (χ3n) is 5.11. The summed E-state index contributed by atoms with van der Waals surface area (Å²) >= 11 is 1.35. The van der Waals surface area contributed by atoms with Crippen LogP contribution in [0.3, 0.4) is 0 Å². The molecule has 0 saturated heterocycles. The van der Waals surface area contributed by atoms with E-state index in [-0.39, 0.29) is 24.3 Å². The Balaban J connectivity index is 1.33. The van der Waals surface area contributed by atoms with Crippen LogP contribution in [0.5, 0.6) is 5.75 Å². The van der Waals surface area contributed by atoms with Crippen molar-refractivity contribution in [2.24, 2.45) is 0 Å². The predicted octanol–water partition coefficient (Wildman–Crippen LogP) is 3.73. The predicted molar refractivity (Wildman–Crippen MR) is 120 cm³/mol. The lowest BCUT2D eigenvalue weighted by atomic mass is 10.1. The van der Waals surface area contributed by atoms with E-state index in [2.05, 4.69) is 21.6 Å². The van der Waals surface area contributed by atoms with Crippen molar-refractivity contribution in [2.45, 2.75) is 38.6 Å². The van der Waals surface area contributed by atoms with Crippen LogP contribution in [0.15, 0.2) is 41.6 Å². The molecule has 0 spiro atoms. The summed E-state index contributed by atoms with van der Waals surface area (Å²) < 4.78 is 26.6. The number of aromatic nitrogens is 3. The standard InChI is InChI=1S/C23H25FN4O3S/c1-3-28-22(17-6-4-5-15(2)9-17)26-27-23(28)32-13-20(29)25-8-7-16-10-19(24)11-18-12-30-14-31-21(16)18/h4-6,9-11H,3,7-8,12-14H2,1-2H3,(H,25,29). The maximum Gasteiger partial charge on any atom is 0.230 e. The molecule has 3 aromatic rings. The molecule has 32 heavy (non-hydrogen) atoms. The van der Waals surface area contributed by atoms with Crippen molar-refractivity contribution in [1.82, 2.24) is 20.1 Å². The first kappa shape index (κ1) is 22.3. The molecule has 0 atom stereocenters. The van der Waals surface area contributed by atoms with Crippen LogP contribution < -0.4 is 10.1 Å². The first-order valence-electron chi connectivity index (χ1n) is 10.5. The zero-order valence-corrected chi connectivity index (χ0v) is 18.9. The lowest BCUT2D eigenvalue weighted by Crippen LogP contribution is -2.27. The van der Waals surface area contributed by atoms with Crippen LogP contribution in [0, 0.1) is 12.7 Å². The highest BCUT2D eigenvalue weighted by Crippen LogP contribution is 2.29. The smallest absolute Gasteiger partial charge is 0.230 e. The van der Waals surface area contributed by atoms with Crippen LogP contribution in [0.25, 0.3) is 11.4 Å². The van der Waals surface area contributed by atoms with Crippen LogP contribution in [-0.2, 0) is 29.1 Å². The fraction of sp³-hybridized carbons (Fsp3) is 0.348. The molecule has 1 aliphatic rings. The molecule has 1 amide bonds. The minimum atomic E-state index is -0.335. The number of amides is 1. The van der Waals surface area contributed by atoms with E-state index < -0.39 is 0 Å². The van der Waals surface area contributed by atoms with Crippen molar-refractivity contribution in [3.8, 4) is 17.1 Å². The fourth-order valence-electron chi connectivity index (χ4n) is 3.64.